The smallest absolute Gasteiger partial charge is 0.255 e. The third kappa shape index (κ3) is 6.85. The first-order valence-corrected chi connectivity index (χ1v) is 12.1. The van der Waals surface area contributed by atoms with Gasteiger partial charge in [0.1, 0.15) is 0 Å². The molecule has 2 aromatic carbocycles. The van der Waals surface area contributed by atoms with Crippen molar-refractivity contribution < 1.29 is 14.4 Å². The van der Waals surface area contributed by atoms with Crippen molar-refractivity contribution in [2.24, 2.45) is 11.7 Å². The number of carbonyl (C=O) groups is 3. The number of amides is 3. The largest absolute Gasteiger partial charge is 0.366 e. The Labute approximate surface area is 193 Å². The van der Waals surface area contributed by atoms with Gasteiger partial charge < -0.3 is 16.0 Å². The molecule has 6 nitrogen and oxygen atoms in total. The number of nitrogens with one attached hydrogen (secondary N) is 1. The van der Waals surface area contributed by atoms with E-state index < -0.39 is 5.91 Å². The highest BCUT2D eigenvalue weighted by Gasteiger charge is 2.18. The van der Waals surface area contributed by atoms with Crippen LogP contribution in [0, 0.1) is 5.92 Å². The molecule has 0 aromatic heterocycles. The molecule has 1 saturated carbocycles. The van der Waals surface area contributed by atoms with Crippen LogP contribution >= 0.6 is 11.8 Å². The molecule has 32 heavy (non-hydrogen) atoms. The Morgan fingerprint density at radius 1 is 1.06 bits per heavy atom. The van der Waals surface area contributed by atoms with E-state index in [1.165, 1.54) is 43.9 Å². The van der Waals surface area contributed by atoms with Gasteiger partial charge in [0, 0.05) is 30.6 Å². The second-order valence-corrected chi connectivity index (χ2v) is 9.34. The number of primary amides is 1. The molecule has 0 aliphatic heterocycles. The van der Waals surface area contributed by atoms with Crippen LogP contribution in [0.4, 0.5) is 0 Å². The lowest BCUT2D eigenvalue weighted by atomic mass is 9.89. The predicted octanol–water partition coefficient (Wildman–Crippen LogP) is 3.85. The molecule has 0 atom stereocenters. The van der Waals surface area contributed by atoms with Crippen LogP contribution in [-0.4, -0.2) is 42.0 Å². The molecule has 3 rings (SSSR count). The molecule has 2 aromatic rings. The van der Waals surface area contributed by atoms with Gasteiger partial charge in [-0.25, -0.2) is 0 Å². The first-order valence-electron chi connectivity index (χ1n) is 11.1. The van der Waals surface area contributed by atoms with Crippen LogP contribution < -0.4 is 11.1 Å². The van der Waals surface area contributed by atoms with Gasteiger partial charge in [-0.15, -0.1) is 11.8 Å². The number of hydrogen-bond acceptors (Lipinski definition) is 4. The van der Waals surface area contributed by atoms with Crippen molar-refractivity contribution in [3.8, 4) is 0 Å². The third-order valence-corrected chi connectivity index (χ3v) is 6.84. The van der Waals surface area contributed by atoms with Gasteiger partial charge >= 0.3 is 0 Å². The Balaban J connectivity index is 1.57. The van der Waals surface area contributed by atoms with Gasteiger partial charge in [-0.2, -0.15) is 0 Å². The summed E-state index contributed by atoms with van der Waals surface area (Å²) in [5.41, 5.74) is 7.15. The minimum atomic E-state index is -0.496. The molecule has 0 unspecified atom stereocenters. The Hall–Kier alpha value is -2.80. The lowest BCUT2D eigenvalue weighted by molar-refractivity contribution is -0.118. The Bertz CT molecular complexity index is 957. The van der Waals surface area contributed by atoms with Crippen molar-refractivity contribution in [1.29, 1.82) is 0 Å². The second kappa shape index (κ2) is 11.7. The molecule has 3 N–H and O–H groups in total. The summed E-state index contributed by atoms with van der Waals surface area (Å²) >= 11 is 1.38. The minimum absolute atomic E-state index is 0.000512. The molecule has 0 saturated heterocycles. The molecular formula is C25H31N3O3S. The van der Waals surface area contributed by atoms with E-state index in [1.807, 2.05) is 24.3 Å². The highest BCUT2D eigenvalue weighted by atomic mass is 32.2. The number of thioether (sulfide) groups is 1. The van der Waals surface area contributed by atoms with E-state index in [1.54, 1.807) is 36.2 Å². The highest BCUT2D eigenvalue weighted by Crippen LogP contribution is 2.25. The molecule has 7 heteroatoms. The summed E-state index contributed by atoms with van der Waals surface area (Å²) in [6.45, 7) is 1.09. The lowest BCUT2D eigenvalue weighted by Gasteiger charge is -2.21. The fraction of sp³-hybridized carbons (Fsp3) is 0.400. The molecule has 170 valence electrons. The molecule has 1 aliphatic rings. The van der Waals surface area contributed by atoms with Crippen molar-refractivity contribution in [1.82, 2.24) is 10.2 Å². The fourth-order valence-corrected chi connectivity index (χ4v) is 4.86. The van der Waals surface area contributed by atoms with Crippen LogP contribution in [0.3, 0.4) is 0 Å². The topological polar surface area (TPSA) is 92.5 Å². The Kier molecular flexibility index (Phi) is 8.73. The number of carbonyl (C=O) groups excluding carboxylic acids is 3. The van der Waals surface area contributed by atoms with Gasteiger partial charge in [0.25, 0.3) is 5.91 Å². The van der Waals surface area contributed by atoms with Crippen LogP contribution in [0.15, 0.2) is 53.4 Å². The molecule has 0 heterocycles. The summed E-state index contributed by atoms with van der Waals surface area (Å²) in [6, 6.07) is 14.3. The minimum Gasteiger partial charge on any atom is -0.366 e. The van der Waals surface area contributed by atoms with Crippen LogP contribution in [-0.2, 0) is 11.3 Å². The number of nitrogens with zero attached hydrogens (tertiary/aromatic N) is 1. The van der Waals surface area contributed by atoms with Crippen molar-refractivity contribution in [2.45, 2.75) is 43.5 Å². The van der Waals surface area contributed by atoms with Gasteiger partial charge in [0.05, 0.1) is 11.3 Å². The number of rotatable bonds is 9. The van der Waals surface area contributed by atoms with E-state index in [0.29, 0.717) is 23.6 Å². The van der Waals surface area contributed by atoms with E-state index in [0.717, 1.165) is 17.0 Å². The van der Waals surface area contributed by atoms with Gasteiger partial charge in [0.15, 0.2) is 0 Å². The summed E-state index contributed by atoms with van der Waals surface area (Å²) < 4.78 is 0. The van der Waals surface area contributed by atoms with E-state index in [2.05, 4.69) is 5.32 Å². The molecule has 1 fully saturated rings. The molecule has 0 bridgehead atoms. The number of hydrogen-bond donors (Lipinski definition) is 2. The van der Waals surface area contributed by atoms with Crippen molar-refractivity contribution in [3.63, 3.8) is 0 Å². The van der Waals surface area contributed by atoms with Gasteiger partial charge in [-0.1, -0.05) is 43.5 Å². The predicted molar refractivity (Wildman–Crippen MR) is 128 cm³/mol. The maximum Gasteiger partial charge on any atom is 0.255 e. The zero-order valence-electron chi connectivity index (χ0n) is 18.5. The summed E-state index contributed by atoms with van der Waals surface area (Å²) in [7, 11) is 1.72. The van der Waals surface area contributed by atoms with Gasteiger partial charge in [0.2, 0.25) is 11.8 Å². The zero-order chi connectivity index (χ0) is 22.9. The van der Waals surface area contributed by atoms with Crippen LogP contribution in [0.2, 0.25) is 0 Å². The molecule has 1 aliphatic carbocycles. The average molecular weight is 454 g/mol. The lowest BCUT2D eigenvalue weighted by Crippen LogP contribution is -2.31. The van der Waals surface area contributed by atoms with E-state index in [-0.39, 0.29) is 17.6 Å². The van der Waals surface area contributed by atoms with Gasteiger partial charge in [-0.05, 0) is 48.6 Å². The normalized spacial score (nSPS) is 14.0. The number of benzene rings is 2. The fourth-order valence-electron chi connectivity index (χ4n) is 3.99. The van der Waals surface area contributed by atoms with Crippen LogP contribution in [0.1, 0.15) is 58.4 Å². The van der Waals surface area contributed by atoms with Crippen molar-refractivity contribution in [3.05, 3.63) is 65.2 Å². The summed E-state index contributed by atoms with van der Waals surface area (Å²) in [6.07, 6.45) is 6.20. The zero-order valence-corrected chi connectivity index (χ0v) is 19.3. The monoisotopic (exact) mass is 453 g/mol. The quantitative estimate of drug-likeness (QED) is 0.564. The van der Waals surface area contributed by atoms with E-state index in [9.17, 15) is 14.4 Å². The summed E-state index contributed by atoms with van der Waals surface area (Å²) in [5.74, 6) is 0.235. The highest BCUT2D eigenvalue weighted by molar-refractivity contribution is 8.00. The molecule has 0 spiro atoms. The molecule has 0 radical (unpaired) electrons. The Morgan fingerprint density at radius 3 is 2.56 bits per heavy atom. The first kappa shape index (κ1) is 23.9. The maximum absolute atomic E-state index is 13.1. The second-order valence-electron chi connectivity index (χ2n) is 8.32. The van der Waals surface area contributed by atoms with Crippen LogP contribution in [0.25, 0.3) is 0 Å². The average Bonchev–Trinajstić information content (AvgIpc) is 2.82. The van der Waals surface area contributed by atoms with Crippen molar-refractivity contribution in [2.75, 3.05) is 19.3 Å². The van der Waals surface area contributed by atoms with E-state index >= 15 is 0 Å². The summed E-state index contributed by atoms with van der Waals surface area (Å²) in [4.78, 5) is 39.2. The SMILES string of the molecule is CN(Cc1cccc(C(N)=O)c1)C(=O)c1ccccc1SCC(=O)NCC1CCCCC1. The number of nitrogens with two attached hydrogens (primary N) is 1. The third-order valence-electron chi connectivity index (χ3n) is 5.77. The standard InChI is InChI=1S/C25H31N3O3S/c1-28(16-19-10-7-11-20(14-19)24(26)30)25(31)21-12-5-6-13-22(21)32-17-23(29)27-15-18-8-3-2-4-9-18/h5-7,10-14,18H,2-4,8-9,15-17H2,1H3,(H2,26,30)(H,27,29). The first-order chi connectivity index (χ1) is 15.4. The maximum atomic E-state index is 13.1. The summed E-state index contributed by atoms with van der Waals surface area (Å²) in [5, 5.41) is 3.05. The van der Waals surface area contributed by atoms with Crippen LogP contribution in [0.5, 0.6) is 0 Å². The van der Waals surface area contributed by atoms with Crippen molar-refractivity contribution >= 4 is 29.5 Å². The van der Waals surface area contributed by atoms with E-state index in [4.69, 9.17) is 5.73 Å². The Morgan fingerprint density at radius 2 is 1.81 bits per heavy atom. The molecule has 3 amide bonds. The van der Waals surface area contributed by atoms with Gasteiger partial charge in [-0.3, -0.25) is 14.4 Å². The molecular weight excluding hydrogens is 422 g/mol.